The molecule has 1 N–H and O–H groups in total. The third kappa shape index (κ3) is 3.29. The summed E-state index contributed by atoms with van der Waals surface area (Å²) in [7, 11) is -3.64. The van der Waals surface area contributed by atoms with E-state index in [0.717, 1.165) is 15.1 Å². The molecule has 0 saturated carbocycles. The minimum absolute atomic E-state index is 0.141. The number of hydrogen-bond donors (Lipinski definition) is 1. The van der Waals surface area contributed by atoms with E-state index in [1.54, 1.807) is 6.07 Å². The summed E-state index contributed by atoms with van der Waals surface area (Å²) in [4.78, 5) is 7.94. The SMILES string of the molecule is O=S(=O)(Nc1ncc(Br)nc1Br)c1ccc(Br)s1. The van der Waals surface area contributed by atoms with Crippen LogP contribution in [0.3, 0.4) is 0 Å². The van der Waals surface area contributed by atoms with Gasteiger partial charge in [0.1, 0.15) is 8.81 Å². The molecule has 18 heavy (non-hydrogen) atoms. The van der Waals surface area contributed by atoms with Gasteiger partial charge in [-0.3, -0.25) is 4.72 Å². The van der Waals surface area contributed by atoms with Gasteiger partial charge in [0.2, 0.25) is 0 Å². The topological polar surface area (TPSA) is 72.0 Å². The largest absolute Gasteiger partial charge is 0.272 e. The third-order valence-corrected chi connectivity index (χ3v) is 6.13. The summed E-state index contributed by atoms with van der Waals surface area (Å²) in [5, 5.41) is 0. The van der Waals surface area contributed by atoms with Crippen molar-refractivity contribution in [2.75, 3.05) is 4.72 Å². The first-order chi connectivity index (χ1) is 8.38. The van der Waals surface area contributed by atoms with Crippen LogP contribution in [-0.4, -0.2) is 18.4 Å². The normalized spacial score (nSPS) is 11.5. The van der Waals surface area contributed by atoms with Crippen molar-refractivity contribution in [3.05, 3.63) is 31.3 Å². The van der Waals surface area contributed by atoms with Crippen LogP contribution in [0.2, 0.25) is 0 Å². The van der Waals surface area contributed by atoms with Gasteiger partial charge in [-0.05, 0) is 59.9 Å². The number of halogens is 3. The average Bonchev–Trinajstić information content (AvgIpc) is 2.70. The van der Waals surface area contributed by atoms with Crippen LogP contribution in [-0.2, 0) is 10.0 Å². The molecule has 2 heterocycles. The van der Waals surface area contributed by atoms with Crippen LogP contribution >= 0.6 is 59.1 Å². The maximum absolute atomic E-state index is 12.0. The number of hydrogen-bond acceptors (Lipinski definition) is 5. The lowest BCUT2D eigenvalue weighted by Crippen LogP contribution is -2.13. The maximum Gasteiger partial charge on any atom is 0.272 e. The van der Waals surface area contributed by atoms with Crippen LogP contribution in [0, 0.1) is 0 Å². The lowest BCUT2D eigenvalue weighted by Gasteiger charge is -2.06. The van der Waals surface area contributed by atoms with E-state index >= 15 is 0 Å². The Labute approximate surface area is 132 Å². The third-order valence-electron chi connectivity index (χ3n) is 1.74. The summed E-state index contributed by atoms with van der Waals surface area (Å²) < 4.78 is 28.2. The van der Waals surface area contributed by atoms with Crippen LogP contribution in [0.1, 0.15) is 0 Å². The number of sulfonamides is 1. The molecule has 0 radical (unpaired) electrons. The van der Waals surface area contributed by atoms with Gasteiger partial charge in [0.05, 0.1) is 9.98 Å². The van der Waals surface area contributed by atoms with Gasteiger partial charge in [-0.1, -0.05) is 0 Å². The smallest absolute Gasteiger partial charge is 0.260 e. The second-order valence-electron chi connectivity index (χ2n) is 3.00. The van der Waals surface area contributed by atoms with Gasteiger partial charge in [-0.15, -0.1) is 11.3 Å². The Hall–Kier alpha value is -0.0300. The van der Waals surface area contributed by atoms with Crippen LogP contribution in [0.4, 0.5) is 5.82 Å². The van der Waals surface area contributed by atoms with Crippen molar-refractivity contribution in [1.29, 1.82) is 0 Å². The van der Waals surface area contributed by atoms with E-state index in [1.165, 1.54) is 12.3 Å². The Bertz CT molecular complexity index is 687. The fraction of sp³-hybridized carbons (Fsp3) is 0. The van der Waals surface area contributed by atoms with Crippen molar-refractivity contribution in [3.8, 4) is 0 Å². The minimum Gasteiger partial charge on any atom is -0.260 e. The van der Waals surface area contributed by atoms with Crippen molar-refractivity contribution in [2.45, 2.75) is 4.21 Å². The van der Waals surface area contributed by atoms with E-state index in [4.69, 9.17) is 0 Å². The molecule has 0 aromatic carbocycles. The van der Waals surface area contributed by atoms with Gasteiger partial charge < -0.3 is 0 Å². The fourth-order valence-corrected chi connectivity index (χ4v) is 5.10. The lowest BCUT2D eigenvalue weighted by atomic mass is 10.7. The number of nitrogens with zero attached hydrogens (tertiary/aromatic N) is 2. The summed E-state index contributed by atoms with van der Waals surface area (Å²) in [6.07, 6.45) is 1.41. The number of rotatable bonds is 3. The summed E-state index contributed by atoms with van der Waals surface area (Å²) in [5.41, 5.74) is 0. The molecule has 0 aliphatic heterocycles. The molecular weight excluding hydrogens is 474 g/mol. The predicted molar refractivity (Wildman–Crippen MR) is 80.3 cm³/mol. The van der Waals surface area contributed by atoms with Crippen LogP contribution in [0.25, 0.3) is 0 Å². The van der Waals surface area contributed by atoms with Crippen molar-refractivity contribution in [2.24, 2.45) is 0 Å². The maximum atomic E-state index is 12.0. The standard InChI is InChI=1S/C8H4Br3N3O2S2/c9-4-3-12-8(7(11)13-4)14-18(15,16)6-2-1-5(10)17-6/h1-3H,(H,12,14). The molecule has 0 spiro atoms. The highest BCUT2D eigenvalue weighted by Gasteiger charge is 2.19. The van der Waals surface area contributed by atoms with Crippen LogP contribution < -0.4 is 4.72 Å². The molecule has 0 aliphatic carbocycles. The Kier molecular flexibility index (Phi) is 4.42. The second-order valence-corrected chi connectivity index (χ2v) is 8.93. The first-order valence-corrected chi connectivity index (χ1v) is 9.02. The quantitative estimate of drug-likeness (QED) is 0.732. The Balaban J connectivity index is 2.33. The van der Waals surface area contributed by atoms with E-state index in [2.05, 4.69) is 62.5 Å². The molecule has 0 amide bonds. The first kappa shape index (κ1) is 14.4. The first-order valence-electron chi connectivity index (χ1n) is 4.35. The van der Waals surface area contributed by atoms with E-state index in [-0.39, 0.29) is 10.0 Å². The summed E-state index contributed by atoms with van der Waals surface area (Å²) >= 11 is 10.6. The van der Waals surface area contributed by atoms with E-state index in [1.807, 2.05) is 0 Å². The Morgan fingerprint density at radius 3 is 2.50 bits per heavy atom. The Morgan fingerprint density at radius 1 is 1.22 bits per heavy atom. The number of thiophene rings is 1. The molecular formula is C8H4Br3N3O2S2. The van der Waals surface area contributed by atoms with Crippen LogP contribution in [0.15, 0.2) is 35.5 Å². The molecule has 2 aromatic heterocycles. The van der Waals surface area contributed by atoms with Gasteiger partial charge in [-0.25, -0.2) is 18.4 Å². The molecule has 0 unspecified atom stereocenters. The zero-order chi connectivity index (χ0) is 13.3. The molecule has 0 bridgehead atoms. The van der Waals surface area contributed by atoms with E-state index in [0.29, 0.717) is 9.21 Å². The molecule has 10 heteroatoms. The average molecular weight is 478 g/mol. The summed E-state index contributed by atoms with van der Waals surface area (Å²) in [5.74, 6) is 0.141. The molecule has 2 aromatic rings. The Morgan fingerprint density at radius 2 is 1.94 bits per heavy atom. The van der Waals surface area contributed by atoms with Crippen molar-refractivity contribution >= 4 is 75.0 Å². The molecule has 0 saturated heterocycles. The molecule has 96 valence electrons. The zero-order valence-electron chi connectivity index (χ0n) is 8.39. The van der Waals surface area contributed by atoms with Gasteiger partial charge in [0, 0.05) is 0 Å². The van der Waals surface area contributed by atoms with Crippen LogP contribution in [0.5, 0.6) is 0 Å². The molecule has 0 aliphatic rings. The van der Waals surface area contributed by atoms with Crippen molar-refractivity contribution < 1.29 is 8.42 Å². The number of aromatic nitrogens is 2. The van der Waals surface area contributed by atoms with Gasteiger partial charge >= 0.3 is 0 Å². The molecule has 5 nitrogen and oxygen atoms in total. The highest BCUT2D eigenvalue weighted by molar-refractivity contribution is 9.11. The van der Waals surface area contributed by atoms with Crippen molar-refractivity contribution in [3.63, 3.8) is 0 Å². The highest BCUT2D eigenvalue weighted by atomic mass is 79.9. The number of anilines is 1. The zero-order valence-corrected chi connectivity index (χ0v) is 14.8. The summed E-state index contributed by atoms with van der Waals surface area (Å²) in [6.45, 7) is 0. The predicted octanol–water partition coefficient (Wildman–Crippen LogP) is 3.63. The van der Waals surface area contributed by atoms with Gasteiger partial charge in [-0.2, -0.15) is 0 Å². The second kappa shape index (κ2) is 5.53. The van der Waals surface area contributed by atoms with Crippen molar-refractivity contribution in [1.82, 2.24) is 9.97 Å². The minimum atomic E-state index is -3.64. The molecule has 0 fully saturated rings. The fourth-order valence-electron chi connectivity index (χ4n) is 1.03. The van der Waals surface area contributed by atoms with Gasteiger partial charge in [0.15, 0.2) is 10.4 Å². The lowest BCUT2D eigenvalue weighted by molar-refractivity contribution is 0.603. The summed E-state index contributed by atoms with van der Waals surface area (Å²) in [6, 6.07) is 3.18. The van der Waals surface area contributed by atoms with E-state index in [9.17, 15) is 8.42 Å². The monoisotopic (exact) mass is 475 g/mol. The highest BCUT2D eigenvalue weighted by Crippen LogP contribution is 2.28. The molecule has 0 atom stereocenters. The number of nitrogens with one attached hydrogen (secondary N) is 1. The van der Waals surface area contributed by atoms with Gasteiger partial charge in [0.25, 0.3) is 10.0 Å². The molecule has 2 rings (SSSR count). The van der Waals surface area contributed by atoms with E-state index < -0.39 is 10.0 Å².